The molecule has 0 aliphatic carbocycles. The maximum atomic E-state index is 12.3. The predicted octanol–water partition coefficient (Wildman–Crippen LogP) is 1.55. The third kappa shape index (κ3) is 4.72. The number of aryl methyl sites for hydroxylation is 1. The highest BCUT2D eigenvalue weighted by Gasteiger charge is 2.31. The van der Waals surface area contributed by atoms with Gasteiger partial charge >= 0.3 is 5.97 Å². The number of hydrogen-bond acceptors (Lipinski definition) is 3. The van der Waals surface area contributed by atoms with E-state index in [1.807, 2.05) is 13.8 Å². The summed E-state index contributed by atoms with van der Waals surface area (Å²) in [5.74, 6) is -1.42. The Morgan fingerprint density at radius 3 is 2.55 bits per heavy atom. The predicted molar refractivity (Wildman–Crippen MR) is 83.7 cm³/mol. The van der Waals surface area contributed by atoms with Crippen LogP contribution in [0.3, 0.4) is 0 Å². The molecule has 6 heteroatoms. The van der Waals surface area contributed by atoms with Crippen LogP contribution < -0.4 is 10.9 Å². The normalized spacial score (nSPS) is 12.7. The van der Waals surface area contributed by atoms with Gasteiger partial charge < -0.3 is 15.0 Å². The Kier molecular flexibility index (Phi) is 5.91. The molecule has 1 rings (SSSR count). The second kappa shape index (κ2) is 7.24. The zero-order chi connectivity index (χ0) is 16.9. The highest BCUT2D eigenvalue weighted by Crippen LogP contribution is 2.18. The number of carboxylic acids is 1. The van der Waals surface area contributed by atoms with E-state index in [2.05, 4.69) is 5.32 Å². The van der Waals surface area contributed by atoms with Gasteiger partial charge in [-0.3, -0.25) is 9.59 Å². The second-order valence-electron chi connectivity index (χ2n) is 6.21. The van der Waals surface area contributed by atoms with Crippen molar-refractivity contribution in [2.45, 2.75) is 53.1 Å². The van der Waals surface area contributed by atoms with Crippen molar-refractivity contribution < 1.29 is 14.7 Å². The number of nitrogens with one attached hydrogen (secondary N) is 1. The summed E-state index contributed by atoms with van der Waals surface area (Å²) >= 11 is 0. The van der Waals surface area contributed by atoms with Crippen molar-refractivity contribution in [1.29, 1.82) is 0 Å². The number of carbonyl (C=O) groups excluding carboxylic acids is 1. The van der Waals surface area contributed by atoms with Crippen LogP contribution in [0.2, 0.25) is 0 Å². The van der Waals surface area contributed by atoms with Crippen LogP contribution >= 0.6 is 0 Å². The summed E-state index contributed by atoms with van der Waals surface area (Å²) in [5.41, 5.74) is -0.206. The highest BCUT2D eigenvalue weighted by atomic mass is 16.4. The number of rotatable bonds is 7. The summed E-state index contributed by atoms with van der Waals surface area (Å²) in [4.78, 5) is 35.4. The summed E-state index contributed by atoms with van der Waals surface area (Å²) in [7, 11) is 0. The minimum absolute atomic E-state index is 0.177. The van der Waals surface area contributed by atoms with Gasteiger partial charge in [0.15, 0.2) is 0 Å². The number of aliphatic carboxylic acids is 1. The van der Waals surface area contributed by atoms with Gasteiger partial charge in [-0.2, -0.15) is 0 Å². The average molecular weight is 308 g/mol. The molecule has 1 atom stereocenters. The summed E-state index contributed by atoms with van der Waals surface area (Å²) in [5, 5.41) is 11.7. The Hall–Kier alpha value is -2.11. The SMILES string of the molecule is CCCC(NC(=O)C(C)(C)Cn1ccc(C)cc1=O)C(=O)O. The molecular formula is C16H24N2O4. The van der Waals surface area contributed by atoms with E-state index < -0.39 is 17.4 Å². The zero-order valence-corrected chi connectivity index (χ0v) is 13.5. The van der Waals surface area contributed by atoms with Crippen LogP contribution in [0.25, 0.3) is 0 Å². The van der Waals surface area contributed by atoms with Crippen molar-refractivity contribution in [2.75, 3.05) is 0 Å². The van der Waals surface area contributed by atoms with E-state index in [1.165, 1.54) is 10.6 Å². The largest absolute Gasteiger partial charge is 0.480 e. The number of carboxylic acid groups (broad SMARTS) is 1. The lowest BCUT2D eigenvalue weighted by atomic mass is 9.91. The molecule has 1 amide bonds. The van der Waals surface area contributed by atoms with Crippen LogP contribution in [0.1, 0.15) is 39.2 Å². The molecule has 0 bridgehead atoms. The molecule has 0 saturated carbocycles. The van der Waals surface area contributed by atoms with Gasteiger partial charge in [-0.1, -0.05) is 13.3 Å². The molecule has 1 unspecified atom stereocenters. The Morgan fingerprint density at radius 1 is 1.41 bits per heavy atom. The fourth-order valence-electron chi connectivity index (χ4n) is 2.13. The fourth-order valence-corrected chi connectivity index (χ4v) is 2.13. The first-order valence-electron chi connectivity index (χ1n) is 7.38. The molecule has 0 aromatic carbocycles. The Morgan fingerprint density at radius 2 is 2.05 bits per heavy atom. The number of nitrogens with zero attached hydrogens (tertiary/aromatic N) is 1. The lowest BCUT2D eigenvalue weighted by molar-refractivity contribution is -0.143. The number of carbonyl (C=O) groups is 2. The van der Waals surface area contributed by atoms with E-state index in [9.17, 15) is 14.4 Å². The van der Waals surface area contributed by atoms with Crippen molar-refractivity contribution in [3.05, 3.63) is 34.2 Å². The van der Waals surface area contributed by atoms with Gasteiger partial charge in [0.2, 0.25) is 5.91 Å². The minimum Gasteiger partial charge on any atom is -0.480 e. The van der Waals surface area contributed by atoms with Gasteiger partial charge in [0.25, 0.3) is 5.56 Å². The zero-order valence-electron chi connectivity index (χ0n) is 13.5. The lowest BCUT2D eigenvalue weighted by Crippen LogP contribution is -2.48. The van der Waals surface area contributed by atoms with Gasteiger partial charge in [0.1, 0.15) is 6.04 Å². The molecule has 0 saturated heterocycles. The van der Waals surface area contributed by atoms with Crippen molar-refractivity contribution in [1.82, 2.24) is 9.88 Å². The van der Waals surface area contributed by atoms with Gasteiger partial charge in [-0.05, 0) is 38.8 Å². The molecule has 0 aliphatic heterocycles. The topological polar surface area (TPSA) is 88.4 Å². The van der Waals surface area contributed by atoms with Crippen molar-refractivity contribution >= 4 is 11.9 Å². The van der Waals surface area contributed by atoms with Gasteiger partial charge in [-0.15, -0.1) is 0 Å². The van der Waals surface area contributed by atoms with Gasteiger partial charge in [0.05, 0.1) is 5.41 Å². The number of aromatic nitrogens is 1. The van der Waals surface area contributed by atoms with Crippen molar-refractivity contribution in [2.24, 2.45) is 5.41 Å². The maximum Gasteiger partial charge on any atom is 0.326 e. The third-order valence-corrected chi connectivity index (χ3v) is 3.51. The molecule has 0 radical (unpaired) electrons. The molecule has 1 aromatic rings. The van der Waals surface area contributed by atoms with Crippen LogP contribution in [-0.4, -0.2) is 27.6 Å². The maximum absolute atomic E-state index is 12.3. The van der Waals surface area contributed by atoms with Crippen molar-refractivity contribution in [3.8, 4) is 0 Å². The number of pyridine rings is 1. The Bertz CT molecular complexity index is 604. The first kappa shape index (κ1) is 17.9. The Balaban J connectivity index is 2.86. The lowest BCUT2D eigenvalue weighted by Gasteiger charge is -2.26. The average Bonchev–Trinajstić information content (AvgIpc) is 2.41. The van der Waals surface area contributed by atoms with E-state index in [0.717, 1.165) is 5.56 Å². The smallest absolute Gasteiger partial charge is 0.326 e. The van der Waals surface area contributed by atoms with Crippen LogP contribution in [0.15, 0.2) is 23.1 Å². The summed E-state index contributed by atoms with van der Waals surface area (Å²) < 4.78 is 1.46. The monoisotopic (exact) mass is 308 g/mol. The molecular weight excluding hydrogens is 284 g/mol. The Labute approximate surface area is 130 Å². The quantitative estimate of drug-likeness (QED) is 0.800. The minimum atomic E-state index is -1.04. The van der Waals surface area contributed by atoms with Crippen molar-refractivity contribution in [3.63, 3.8) is 0 Å². The highest BCUT2D eigenvalue weighted by molar-refractivity contribution is 5.86. The molecule has 2 N–H and O–H groups in total. The fraction of sp³-hybridized carbons (Fsp3) is 0.562. The van der Waals surface area contributed by atoms with Crippen LogP contribution in [0.5, 0.6) is 0 Å². The standard InChI is InChI=1S/C16H24N2O4/c1-5-6-12(14(20)21)17-15(22)16(3,4)10-18-8-7-11(2)9-13(18)19/h7-9,12H,5-6,10H2,1-4H3,(H,17,22)(H,20,21). The molecule has 1 aromatic heterocycles. The summed E-state index contributed by atoms with van der Waals surface area (Å²) in [6.45, 7) is 7.26. The van der Waals surface area contributed by atoms with Crippen LogP contribution in [0, 0.1) is 12.3 Å². The van der Waals surface area contributed by atoms with Crippen LogP contribution in [0.4, 0.5) is 0 Å². The number of hydrogen-bond donors (Lipinski definition) is 2. The molecule has 0 fully saturated rings. The second-order valence-corrected chi connectivity index (χ2v) is 6.21. The van der Waals surface area contributed by atoms with Gasteiger partial charge in [-0.25, -0.2) is 4.79 Å². The molecule has 122 valence electrons. The molecule has 22 heavy (non-hydrogen) atoms. The molecule has 6 nitrogen and oxygen atoms in total. The van der Waals surface area contributed by atoms with E-state index in [0.29, 0.717) is 12.8 Å². The van der Waals surface area contributed by atoms with E-state index in [-0.39, 0.29) is 18.0 Å². The first-order valence-corrected chi connectivity index (χ1v) is 7.38. The van der Waals surface area contributed by atoms with E-state index >= 15 is 0 Å². The molecule has 0 spiro atoms. The summed E-state index contributed by atoms with van der Waals surface area (Å²) in [6.07, 6.45) is 2.68. The van der Waals surface area contributed by atoms with E-state index in [4.69, 9.17) is 5.11 Å². The summed E-state index contributed by atoms with van der Waals surface area (Å²) in [6, 6.07) is 2.41. The third-order valence-electron chi connectivity index (χ3n) is 3.51. The molecule has 1 heterocycles. The van der Waals surface area contributed by atoms with Crippen LogP contribution in [-0.2, 0) is 16.1 Å². The van der Waals surface area contributed by atoms with Gasteiger partial charge in [0, 0.05) is 18.8 Å². The molecule has 0 aliphatic rings. The first-order chi connectivity index (χ1) is 10.2. The van der Waals surface area contributed by atoms with E-state index in [1.54, 1.807) is 26.1 Å². The number of amides is 1.